The molecule has 0 aromatic carbocycles. The number of hydrogen-bond donors (Lipinski definition) is 0. The molecule has 0 N–H and O–H groups in total. The first-order valence-corrected chi connectivity index (χ1v) is 33.0. The Labute approximate surface area is 315 Å². The van der Waals surface area contributed by atoms with Gasteiger partial charge in [0, 0.05) is 42.3 Å². The Kier molecular flexibility index (Phi) is 13.0. The van der Waals surface area contributed by atoms with Gasteiger partial charge in [-0.15, -0.1) is 0 Å². The first-order valence-electron chi connectivity index (χ1n) is 19.5. The van der Waals surface area contributed by atoms with Crippen LogP contribution >= 0.6 is 0 Å². The summed E-state index contributed by atoms with van der Waals surface area (Å²) in [6.07, 6.45) is -2.14. The second-order valence-corrected chi connectivity index (χ2v) is 38.5. The zero-order valence-electron chi connectivity index (χ0n) is 34.0. The molecule has 6 fully saturated rings. The molecule has 20 heteroatoms. The van der Waals surface area contributed by atoms with Gasteiger partial charge in [-0.05, 0) is 48.3 Å². The van der Waals surface area contributed by atoms with E-state index in [9.17, 15) is 0 Å². The number of rotatable bonds is 16. The van der Waals surface area contributed by atoms with Crippen molar-refractivity contribution in [2.24, 2.45) is 41.4 Å². The van der Waals surface area contributed by atoms with Crippen LogP contribution in [0.1, 0.15) is 104 Å². The molecular formula is C31H68O13Si7. The molecule has 0 aliphatic carbocycles. The van der Waals surface area contributed by atoms with Gasteiger partial charge in [0.1, 0.15) is 0 Å². The Morgan fingerprint density at radius 1 is 0.333 bits per heavy atom. The van der Waals surface area contributed by atoms with Gasteiger partial charge in [0.15, 0.2) is 0 Å². The molecule has 0 aromatic rings. The summed E-state index contributed by atoms with van der Waals surface area (Å²) in [4.78, 5) is 0. The third-order valence-electron chi connectivity index (χ3n) is 8.57. The zero-order valence-corrected chi connectivity index (χ0v) is 41.0. The lowest BCUT2D eigenvalue weighted by atomic mass is 10.3. The largest absolute Gasteiger partial charge is 0.492 e. The third-order valence-corrected chi connectivity index (χ3v) is 41.9. The molecule has 13 nitrogen and oxygen atoms in total. The van der Waals surface area contributed by atoms with Crippen LogP contribution in [0, 0.1) is 41.4 Å². The molecule has 6 aliphatic heterocycles. The van der Waals surface area contributed by atoms with Crippen LogP contribution in [0.25, 0.3) is 0 Å². The minimum absolute atomic E-state index is 0.0782. The highest BCUT2D eigenvalue weighted by atomic mass is 28.6. The summed E-state index contributed by atoms with van der Waals surface area (Å²) in [5.74, 6) is 0.693. The highest BCUT2D eigenvalue weighted by Gasteiger charge is 2.83. The van der Waals surface area contributed by atoms with Gasteiger partial charge >= 0.3 is 67.8 Å². The van der Waals surface area contributed by atoms with E-state index in [0.29, 0.717) is 42.3 Å². The second-order valence-electron chi connectivity index (χ2n) is 18.1. The molecule has 6 rings (SSSR count). The molecule has 0 aromatic heterocycles. The van der Waals surface area contributed by atoms with Crippen molar-refractivity contribution in [3.05, 3.63) is 0 Å². The lowest BCUT2D eigenvalue weighted by Crippen LogP contribution is -2.88. The molecule has 0 atom stereocenters. The van der Waals surface area contributed by atoms with Crippen LogP contribution in [0.4, 0.5) is 0 Å². The van der Waals surface area contributed by atoms with Crippen LogP contribution in [-0.4, -0.2) is 74.4 Å². The highest BCUT2D eigenvalue weighted by Crippen LogP contribution is 2.56. The van der Waals surface area contributed by atoms with Crippen LogP contribution in [0.15, 0.2) is 0 Å². The van der Waals surface area contributed by atoms with Crippen molar-refractivity contribution in [3.8, 4) is 0 Å². The molecule has 298 valence electrons. The van der Waals surface area contributed by atoms with E-state index in [1.54, 1.807) is 0 Å². The first-order chi connectivity index (χ1) is 23.5. The van der Waals surface area contributed by atoms with Gasteiger partial charge in [-0.3, -0.25) is 13.3 Å². The maximum atomic E-state index is 7.67. The topological polar surface area (TPSA) is 120 Å². The molecule has 0 amide bonds. The molecular weight excluding hydrogens is 777 g/mol. The summed E-state index contributed by atoms with van der Waals surface area (Å²) >= 11 is 0. The van der Waals surface area contributed by atoms with Crippen molar-refractivity contribution in [2.45, 2.75) is 152 Å². The molecule has 0 radical (unpaired) electrons. The van der Waals surface area contributed by atoms with E-state index in [1.807, 2.05) is 6.92 Å². The fraction of sp³-hybridized carbons (Fsp3) is 1.00. The lowest BCUT2D eigenvalue weighted by Gasteiger charge is -2.63. The molecule has 0 unspecified atom stereocenters. The Morgan fingerprint density at radius 3 is 0.686 bits per heavy atom. The zero-order chi connectivity index (χ0) is 37.9. The molecule has 6 aliphatic rings. The molecule has 51 heavy (non-hydrogen) atoms. The van der Waals surface area contributed by atoms with Crippen LogP contribution in [-0.2, 0) is 55.1 Å². The highest BCUT2D eigenvalue weighted by molar-refractivity contribution is 6.99. The Bertz CT molecular complexity index is 1060. The fourth-order valence-electron chi connectivity index (χ4n) is 7.84. The summed E-state index contributed by atoms with van der Waals surface area (Å²) in [6, 6.07) is 3.06. The van der Waals surface area contributed by atoms with E-state index in [-0.39, 0.29) is 48.0 Å². The molecule has 8 bridgehead atoms. The van der Waals surface area contributed by atoms with Crippen LogP contribution in [0.2, 0.25) is 42.3 Å². The summed E-state index contributed by atoms with van der Waals surface area (Å²) in [5.41, 5.74) is 0. The standard InChI is InChI=1S/C31H68O13Si7/c1-16-32-31-33-45(17-24(2)3)36-48(20-27(8)9)38-46(34-31,18-25(4)5)40-50(22-29(12)13)41-47(35-31,19-26(6)7)39-49(37-45,21-28(10)11)43-51(42-48,44-50)23-30(14)15/h24-30H,16-23H2,1-15H3. The molecule has 6 heterocycles. The smallest absolute Gasteiger partial charge is 0.373 e. The third kappa shape index (κ3) is 9.76. The molecule has 6 saturated heterocycles. The quantitative estimate of drug-likeness (QED) is 0.140. The van der Waals surface area contributed by atoms with Crippen molar-refractivity contribution in [3.63, 3.8) is 0 Å². The number of hydrogen-bond acceptors (Lipinski definition) is 13. The van der Waals surface area contributed by atoms with Gasteiger partial charge in [0.25, 0.3) is 0 Å². The van der Waals surface area contributed by atoms with Gasteiger partial charge < -0.3 is 41.8 Å². The van der Waals surface area contributed by atoms with Crippen LogP contribution in [0.5, 0.6) is 0 Å². The minimum Gasteiger partial charge on any atom is -0.373 e. The van der Waals surface area contributed by atoms with Crippen LogP contribution in [0.3, 0.4) is 0 Å². The second kappa shape index (κ2) is 15.4. The van der Waals surface area contributed by atoms with Gasteiger partial charge in [-0.2, -0.15) is 0 Å². The van der Waals surface area contributed by atoms with E-state index >= 15 is 0 Å². The van der Waals surface area contributed by atoms with Crippen molar-refractivity contribution >= 4 is 61.6 Å². The Balaban J connectivity index is 1.96. The van der Waals surface area contributed by atoms with E-state index in [1.165, 1.54) is 0 Å². The Morgan fingerprint density at radius 2 is 0.510 bits per heavy atom. The predicted molar refractivity (Wildman–Crippen MR) is 205 cm³/mol. The predicted octanol–water partition coefficient (Wildman–Crippen LogP) is 8.07. The van der Waals surface area contributed by atoms with Crippen molar-refractivity contribution in [1.29, 1.82) is 0 Å². The lowest BCUT2D eigenvalue weighted by molar-refractivity contribution is -0.445. The van der Waals surface area contributed by atoms with Crippen molar-refractivity contribution in [2.75, 3.05) is 6.61 Å². The molecule has 0 saturated carbocycles. The van der Waals surface area contributed by atoms with Gasteiger partial charge in [0.2, 0.25) is 0 Å². The van der Waals surface area contributed by atoms with Gasteiger partial charge in [-0.1, -0.05) is 96.9 Å². The van der Waals surface area contributed by atoms with E-state index in [4.69, 9.17) is 55.1 Å². The maximum absolute atomic E-state index is 7.67. The SMILES string of the molecule is CCOC12O[Si]3(CC(C)C)O[Si]4(CC(C)C)O[Si](CC(C)C)(O1)O[Si]1(CC(C)C)O[Si](CC(C)C)(O2)O[Si](CC(C)C)(O3)O[Si](CC(C)C)(O4)O1. The normalized spacial score (nSPS) is 42.5. The average Bonchev–Trinajstić information content (AvgIpc) is 2.80. The first kappa shape index (κ1) is 43.1. The number of ether oxygens (including phenoxy) is 1. The van der Waals surface area contributed by atoms with E-state index in [0.717, 1.165) is 0 Å². The van der Waals surface area contributed by atoms with E-state index < -0.39 is 67.8 Å². The van der Waals surface area contributed by atoms with Crippen molar-refractivity contribution < 1.29 is 55.1 Å². The monoisotopic (exact) mass is 844 g/mol. The van der Waals surface area contributed by atoms with Crippen molar-refractivity contribution in [1.82, 2.24) is 0 Å². The maximum Gasteiger partial charge on any atom is 0.492 e. The summed E-state index contributed by atoms with van der Waals surface area (Å²) in [7, 11) is -27.6. The fourth-order valence-corrected chi connectivity index (χ4v) is 49.1. The van der Waals surface area contributed by atoms with E-state index in [2.05, 4.69) is 96.9 Å². The summed E-state index contributed by atoms with van der Waals surface area (Å²) in [6.45, 7) is 31.9. The average molecular weight is 845 g/mol. The Hall–Kier alpha value is 0.998. The molecule has 0 spiro atoms. The van der Waals surface area contributed by atoms with Gasteiger partial charge in [-0.25, -0.2) is 0 Å². The summed E-state index contributed by atoms with van der Waals surface area (Å²) in [5, 5.41) is 0. The minimum atomic E-state index is -4.01. The summed E-state index contributed by atoms with van der Waals surface area (Å²) < 4.78 is 97.0. The van der Waals surface area contributed by atoms with Gasteiger partial charge in [0.05, 0.1) is 6.61 Å². The van der Waals surface area contributed by atoms with Crippen LogP contribution < -0.4 is 0 Å².